The lowest BCUT2D eigenvalue weighted by atomic mass is 9.96. The highest BCUT2D eigenvalue weighted by Crippen LogP contribution is 2.19. The van der Waals surface area contributed by atoms with Gasteiger partial charge in [-0.25, -0.2) is 4.98 Å². The third-order valence-electron chi connectivity index (χ3n) is 5.27. The average molecular weight is 513 g/mol. The van der Waals surface area contributed by atoms with Gasteiger partial charge in [-0.3, -0.25) is 14.6 Å². The second-order valence-corrected chi connectivity index (χ2v) is 7.17. The van der Waals surface area contributed by atoms with Gasteiger partial charge in [0.25, 0.3) is 0 Å². The van der Waals surface area contributed by atoms with Gasteiger partial charge in [0.15, 0.2) is 5.96 Å². The summed E-state index contributed by atoms with van der Waals surface area (Å²) in [6.07, 6.45) is 3.96. The van der Waals surface area contributed by atoms with Crippen LogP contribution in [0, 0.1) is 5.92 Å². The number of piperidine rings is 1. The van der Waals surface area contributed by atoms with E-state index in [0.717, 1.165) is 43.7 Å². The Morgan fingerprint density at radius 3 is 2.52 bits per heavy atom. The highest BCUT2D eigenvalue weighted by molar-refractivity contribution is 14.0. The van der Waals surface area contributed by atoms with E-state index in [0.29, 0.717) is 12.5 Å². The summed E-state index contributed by atoms with van der Waals surface area (Å²) in [6.45, 7) is 4.81. The van der Waals surface area contributed by atoms with Crippen LogP contribution in [0.25, 0.3) is 0 Å². The molecule has 9 heteroatoms. The highest BCUT2D eigenvalue weighted by atomic mass is 127. The van der Waals surface area contributed by atoms with Crippen molar-refractivity contribution in [2.24, 2.45) is 18.0 Å². The van der Waals surface area contributed by atoms with Crippen LogP contribution in [0.1, 0.15) is 24.2 Å². The number of rotatable bonds is 7. The summed E-state index contributed by atoms with van der Waals surface area (Å²) in [7, 11) is 5.39. The number of benzene rings is 1. The van der Waals surface area contributed by atoms with Gasteiger partial charge in [-0.15, -0.1) is 24.0 Å². The van der Waals surface area contributed by atoms with Crippen LogP contribution in [-0.2, 0) is 20.1 Å². The topological polar surface area (TPSA) is 79.6 Å². The Bertz CT molecular complexity index is 754. The number of hydrogen-bond acceptors (Lipinski definition) is 5. The number of likely N-dealkylation sites (tertiary alicyclic amines) is 1. The van der Waals surface area contributed by atoms with Gasteiger partial charge in [0.05, 0.1) is 13.7 Å². The van der Waals surface area contributed by atoms with Gasteiger partial charge in [-0.05, 0) is 49.5 Å². The second kappa shape index (κ2) is 12.0. The Hall–Kier alpha value is -1.88. The van der Waals surface area contributed by atoms with Gasteiger partial charge in [-0.2, -0.15) is 5.10 Å². The molecule has 1 aromatic carbocycles. The molecule has 2 aromatic rings. The zero-order valence-corrected chi connectivity index (χ0v) is 19.8. The predicted molar refractivity (Wildman–Crippen MR) is 126 cm³/mol. The molecule has 0 saturated carbocycles. The monoisotopic (exact) mass is 513 g/mol. The molecule has 2 N–H and O–H groups in total. The largest absolute Gasteiger partial charge is 0.497 e. The maximum Gasteiger partial charge on any atom is 0.191 e. The van der Waals surface area contributed by atoms with Gasteiger partial charge < -0.3 is 15.4 Å². The fourth-order valence-corrected chi connectivity index (χ4v) is 3.44. The van der Waals surface area contributed by atoms with E-state index in [2.05, 4.69) is 42.7 Å². The summed E-state index contributed by atoms with van der Waals surface area (Å²) < 4.78 is 6.99. The first kappa shape index (κ1) is 23.4. The molecule has 8 nitrogen and oxygen atoms in total. The third-order valence-corrected chi connectivity index (χ3v) is 5.27. The molecule has 160 valence electrons. The Morgan fingerprint density at radius 2 is 1.93 bits per heavy atom. The number of nitrogens with one attached hydrogen (secondary N) is 2. The Balaban J connectivity index is 0.00000300. The number of halogens is 1. The van der Waals surface area contributed by atoms with Gasteiger partial charge in [0.1, 0.15) is 17.9 Å². The molecule has 1 fully saturated rings. The lowest BCUT2D eigenvalue weighted by Crippen LogP contribution is -2.42. The van der Waals surface area contributed by atoms with Crippen molar-refractivity contribution in [3.63, 3.8) is 0 Å². The fraction of sp³-hybridized carbons (Fsp3) is 0.550. The van der Waals surface area contributed by atoms with Crippen molar-refractivity contribution in [3.05, 3.63) is 42.0 Å². The summed E-state index contributed by atoms with van der Waals surface area (Å²) in [4.78, 5) is 11.0. The number of aryl methyl sites for hydroxylation is 1. The zero-order valence-electron chi connectivity index (χ0n) is 17.5. The number of methoxy groups -OCH3 is 1. The second-order valence-electron chi connectivity index (χ2n) is 7.17. The van der Waals surface area contributed by atoms with Crippen LogP contribution in [0.5, 0.6) is 5.75 Å². The van der Waals surface area contributed by atoms with Crippen LogP contribution in [-0.4, -0.2) is 59.4 Å². The van der Waals surface area contributed by atoms with Crippen LogP contribution in [0.15, 0.2) is 35.6 Å². The van der Waals surface area contributed by atoms with E-state index in [1.54, 1.807) is 25.2 Å². The maximum atomic E-state index is 5.23. The smallest absolute Gasteiger partial charge is 0.191 e. The van der Waals surface area contributed by atoms with Crippen LogP contribution >= 0.6 is 24.0 Å². The van der Waals surface area contributed by atoms with Crippen molar-refractivity contribution in [3.8, 4) is 5.75 Å². The lowest BCUT2D eigenvalue weighted by Gasteiger charge is -2.32. The minimum Gasteiger partial charge on any atom is -0.497 e. The molecule has 1 aliphatic heterocycles. The molecule has 1 aromatic heterocycles. The van der Waals surface area contributed by atoms with E-state index in [1.807, 2.05) is 19.2 Å². The fourth-order valence-electron chi connectivity index (χ4n) is 3.44. The number of aromatic nitrogens is 3. The molecule has 1 aliphatic rings. The van der Waals surface area contributed by atoms with E-state index in [4.69, 9.17) is 4.74 Å². The minimum atomic E-state index is 0. The highest BCUT2D eigenvalue weighted by Gasteiger charge is 2.19. The molecule has 0 unspecified atom stereocenters. The first-order valence-corrected chi connectivity index (χ1v) is 9.80. The molecule has 0 radical (unpaired) electrons. The van der Waals surface area contributed by atoms with E-state index < -0.39 is 0 Å². The van der Waals surface area contributed by atoms with Gasteiger partial charge in [-0.1, -0.05) is 12.1 Å². The molecular formula is C20H32IN7O. The van der Waals surface area contributed by atoms with Crippen molar-refractivity contribution < 1.29 is 4.74 Å². The predicted octanol–water partition coefficient (Wildman–Crippen LogP) is 2.02. The Morgan fingerprint density at radius 1 is 1.21 bits per heavy atom. The molecule has 0 amide bonds. The summed E-state index contributed by atoms with van der Waals surface area (Å²) >= 11 is 0. The van der Waals surface area contributed by atoms with Crippen molar-refractivity contribution in [1.82, 2.24) is 30.3 Å². The van der Waals surface area contributed by atoms with Crippen LogP contribution < -0.4 is 15.4 Å². The number of nitrogens with zero attached hydrogens (tertiary/aromatic N) is 5. The first-order chi connectivity index (χ1) is 13.7. The SMILES string of the molecule is CN=C(NCc1ncnn1C)NCC1CCN(Cc2ccc(OC)cc2)CC1.I. The number of ether oxygens (including phenoxy) is 1. The van der Waals surface area contributed by atoms with Gasteiger partial charge in [0.2, 0.25) is 0 Å². The van der Waals surface area contributed by atoms with Gasteiger partial charge in [0, 0.05) is 27.2 Å². The van der Waals surface area contributed by atoms with E-state index in [1.165, 1.54) is 18.4 Å². The van der Waals surface area contributed by atoms with Crippen molar-refractivity contribution >= 4 is 29.9 Å². The molecule has 1 saturated heterocycles. The number of guanidine groups is 1. The maximum absolute atomic E-state index is 5.23. The number of aliphatic imine (C=N–C) groups is 1. The van der Waals surface area contributed by atoms with E-state index in [-0.39, 0.29) is 24.0 Å². The minimum absolute atomic E-state index is 0. The summed E-state index contributed by atoms with van der Waals surface area (Å²) in [5, 5.41) is 10.8. The molecule has 0 atom stereocenters. The van der Waals surface area contributed by atoms with Crippen LogP contribution in [0.3, 0.4) is 0 Å². The van der Waals surface area contributed by atoms with Crippen molar-refractivity contribution in [2.45, 2.75) is 25.9 Å². The van der Waals surface area contributed by atoms with Crippen molar-refractivity contribution in [2.75, 3.05) is 33.8 Å². The molecule has 29 heavy (non-hydrogen) atoms. The standard InChI is InChI=1S/C20H31N7O.HI/c1-21-20(23-13-19-24-15-25-26(19)2)22-12-16-8-10-27(11-9-16)14-17-4-6-18(28-3)7-5-17;/h4-7,15-16H,8-14H2,1-3H3,(H2,21,22,23);1H. The average Bonchev–Trinajstić information content (AvgIpc) is 3.14. The summed E-state index contributed by atoms with van der Waals surface area (Å²) in [5.41, 5.74) is 1.34. The third kappa shape index (κ3) is 7.14. The van der Waals surface area contributed by atoms with Gasteiger partial charge >= 0.3 is 0 Å². The quantitative estimate of drug-likeness (QED) is 0.335. The zero-order chi connectivity index (χ0) is 19.8. The molecule has 3 rings (SSSR count). The molecule has 0 bridgehead atoms. The molecular weight excluding hydrogens is 481 g/mol. The summed E-state index contributed by atoms with van der Waals surface area (Å²) in [6, 6.07) is 8.37. The number of hydrogen-bond donors (Lipinski definition) is 2. The lowest BCUT2D eigenvalue weighted by molar-refractivity contribution is 0.178. The molecule has 0 spiro atoms. The van der Waals surface area contributed by atoms with E-state index in [9.17, 15) is 0 Å². The van der Waals surface area contributed by atoms with Crippen LogP contribution in [0.4, 0.5) is 0 Å². The Kier molecular flexibility index (Phi) is 9.65. The van der Waals surface area contributed by atoms with Crippen molar-refractivity contribution in [1.29, 1.82) is 0 Å². The van der Waals surface area contributed by atoms with Crippen LogP contribution in [0.2, 0.25) is 0 Å². The summed E-state index contributed by atoms with van der Waals surface area (Å²) in [5.74, 6) is 3.27. The normalized spacial score (nSPS) is 15.6. The first-order valence-electron chi connectivity index (χ1n) is 9.80. The molecule has 0 aliphatic carbocycles. The molecule has 2 heterocycles. The van der Waals surface area contributed by atoms with E-state index >= 15 is 0 Å². The Labute approximate surface area is 190 Å².